The SMILES string of the molecule is CC(C1CCCN(C)C1)N1CCNCC1. The molecular formula is C12H25N3. The molecule has 2 heterocycles. The summed E-state index contributed by atoms with van der Waals surface area (Å²) >= 11 is 0. The molecule has 0 aromatic rings. The van der Waals surface area contributed by atoms with Gasteiger partial charge in [-0.2, -0.15) is 0 Å². The Bertz CT molecular complexity index is 189. The Kier molecular flexibility index (Phi) is 4.00. The van der Waals surface area contributed by atoms with E-state index in [2.05, 4.69) is 29.1 Å². The molecule has 2 unspecified atom stereocenters. The lowest BCUT2D eigenvalue weighted by Gasteiger charge is -2.41. The Morgan fingerprint density at radius 1 is 1.20 bits per heavy atom. The van der Waals surface area contributed by atoms with Crippen molar-refractivity contribution in [1.82, 2.24) is 15.1 Å². The van der Waals surface area contributed by atoms with E-state index in [1.54, 1.807) is 0 Å². The number of rotatable bonds is 2. The van der Waals surface area contributed by atoms with Crippen molar-refractivity contribution in [2.75, 3.05) is 46.3 Å². The summed E-state index contributed by atoms with van der Waals surface area (Å²) in [6.45, 7) is 9.84. The van der Waals surface area contributed by atoms with Gasteiger partial charge in [-0.25, -0.2) is 0 Å². The van der Waals surface area contributed by atoms with E-state index in [0.29, 0.717) is 0 Å². The second-order valence-electron chi connectivity index (χ2n) is 5.19. The number of hydrogen-bond acceptors (Lipinski definition) is 3. The zero-order chi connectivity index (χ0) is 10.7. The van der Waals surface area contributed by atoms with Gasteiger partial charge in [0, 0.05) is 38.8 Å². The lowest BCUT2D eigenvalue weighted by atomic mass is 9.90. The van der Waals surface area contributed by atoms with Crippen molar-refractivity contribution in [3.05, 3.63) is 0 Å². The zero-order valence-corrected chi connectivity index (χ0v) is 10.2. The Hall–Kier alpha value is -0.120. The Labute approximate surface area is 93.8 Å². The van der Waals surface area contributed by atoms with E-state index in [9.17, 15) is 0 Å². The fourth-order valence-electron chi connectivity index (χ4n) is 2.99. The second-order valence-corrected chi connectivity index (χ2v) is 5.19. The standard InChI is InChI=1S/C12H25N3/c1-11(15-8-5-13-6-9-15)12-4-3-7-14(2)10-12/h11-13H,3-10H2,1-2H3. The first-order valence-corrected chi connectivity index (χ1v) is 6.40. The van der Waals surface area contributed by atoms with Crippen molar-refractivity contribution < 1.29 is 0 Å². The van der Waals surface area contributed by atoms with Crippen LogP contribution in [0.2, 0.25) is 0 Å². The van der Waals surface area contributed by atoms with Gasteiger partial charge in [-0.1, -0.05) is 0 Å². The third kappa shape index (κ3) is 2.92. The quantitative estimate of drug-likeness (QED) is 0.722. The van der Waals surface area contributed by atoms with Crippen molar-refractivity contribution in [3.8, 4) is 0 Å². The number of nitrogens with one attached hydrogen (secondary N) is 1. The summed E-state index contributed by atoms with van der Waals surface area (Å²) in [5.41, 5.74) is 0. The third-order valence-corrected chi connectivity index (χ3v) is 4.07. The molecule has 2 rings (SSSR count). The average Bonchev–Trinajstić information content (AvgIpc) is 2.29. The van der Waals surface area contributed by atoms with Gasteiger partial charge in [-0.05, 0) is 39.3 Å². The highest BCUT2D eigenvalue weighted by Crippen LogP contribution is 2.22. The highest BCUT2D eigenvalue weighted by atomic mass is 15.2. The Balaban J connectivity index is 1.85. The lowest BCUT2D eigenvalue weighted by Crippen LogP contribution is -2.52. The molecule has 2 aliphatic rings. The van der Waals surface area contributed by atoms with Gasteiger partial charge >= 0.3 is 0 Å². The third-order valence-electron chi connectivity index (χ3n) is 4.07. The van der Waals surface area contributed by atoms with Crippen molar-refractivity contribution in [1.29, 1.82) is 0 Å². The smallest absolute Gasteiger partial charge is 0.0110 e. The van der Waals surface area contributed by atoms with Gasteiger partial charge in [-0.3, -0.25) is 4.90 Å². The predicted molar refractivity (Wildman–Crippen MR) is 64.1 cm³/mol. The molecule has 0 aromatic carbocycles. The van der Waals surface area contributed by atoms with Crippen LogP contribution >= 0.6 is 0 Å². The first kappa shape index (κ1) is 11.4. The van der Waals surface area contributed by atoms with Gasteiger partial charge in [0.05, 0.1) is 0 Å². The maximum atomic E-state index is 3.43. The maximum Gasteiger partial charge on any atom is 0.0110 e. The van der Waals surface area contributed by atoms with Crippen LogP contribution in [0.4, 0.5) is 0 Å². The second kappa shape index (κ2) is 5.28. The molecule has 3 heteroatoms. The van der Waals surface area contributed by atoms with E-state index in [-0.39, 0.29) is 0 Å². The number of piperidine rings is 1. The first-order chi connectivity index (χ1) is 7.27. The summed E-state index contributed by atoms with van der Waals surface area (Å²) in [5.74, 6) is 0.891. The topological polar surface area (TPSA) is 18.5 Å². The molecule has 1 N–H and O–H groups in total. The molecule has 3 nitrogen and oxygen atoms in total. The van der Waals surface area contributed by atoms with Gasteiger partial charge in [0.15, 0.2) is 0 Å². The first-order valence-electron chi connectivity index (χ1n) is 6.40. The van der Waals surface area contributed by atoms with E-state index in [1.807, 2.05) is 0 Å². The summed E-state index contributed by atoms with van der Waals surface area (Å²) in [6, 6.07) is 0.773. The monoisotopic (exact) mass is 211 g/mol. The van der Waals surface area contributed by atoms with Crippen LogP contribution in [0.1, 0.15) is 19.8 Å². The number of likely N-dealkylation sites (tertiary alicyclic amines) is 1. The fourth-order valence-corrected chi connectivity index (χ4v) is 2.99. The molecule has 88 valence electrons. The summed E-state index contributed by atoms with van der Waals surface area (Å²) in [7, 11) is 2.26. The summed E-state index contributed by atoms with van der Waals surface area (Å²) < 4.78 is 0. The predicted octanol–water partition coefficient (Wildman–Crippen LogP) is 0.622. The van der Waals surface area contributed by atoms with Gasteiger partial charge in [-0.15, -0.1) is 0 Å². The molecule has 0 bridgehead atoms. The van der Waals surface area contributed by atoms with Crippen LogP contribution in [0.3, 0.4) is 0 Å². The molecule has 0 spiro atoms. The van der Waals surface area contributed by atoms with Crippen LogP contribution in [-0.2, 0) is 0 Å². The lowest BCUT2D eigenvalue weighted by molar-refractivity contribution is 0.0891. The summed E-state index contributed by atoms with van der Waals surface area (Å²) in [6.07, 6.45) is 2.81. The molecule has 2 saturated heterocycles. The van der Waals surface area contributed by atoms with Crippen molar-refractivity contribution in [2.45, 2.75) is 25.8 Å². The van der Waals surface area contributed by atoms with E-state index < -0.39 is 0 Å². The zero-order valence-electron chi connectivity index (χ0n) is 10.2. The van der Waals surface area contributed by atoms with Gasteiger partial charge < -0.3 is 10.2 Å². The molecule has 0 radical (unpaired) electrons. The number of hydrogen-bond donors (Lipinski definition) is 1. The Morgan fingerprint density at radius 3 is 2.60 bits per heavy atom. The van der Waals surface area contributed by atoms with E-state index in [1.165, 1.54) is 52.1 Å². The highest BCUT2D eigenvalue weighted by molar-refractivity contribution is 4.83. The van der Waals surface area contributed by atoms with Crippen molar-refractivity contribution in [2.24, 2.45) is 5.92 Å². The van der Waals surface area contributed by atoms with Crippen LogP contribution in [0.25, 0.3) is 0 Å². The van der Waals surface area contributed by atoms with Crippen LogP contribution in [-0.4, -0.2) is 62.2 Å². The van der Waals surface area contributed by atoms with Crippen LogP contribution in [0.5, 0.6) is 0 Å². The van der Waals surface area contributed by atoms with E-state index >= 15 is 0 Å². The average molecular weight is 211 g/mol. The number of nitrogens with zero attached hydrogens (tertiary/aromatic N) is 2. The molecule has 2 fully saturated rings. The molecule has 2 aliphatic heterocycles. The molecule has 0 amide bonds. The summed E-state index contributed by atoms with van der Waals surface area (Å²) in [4.78, 5) is 5.16. The van der Waals surface area contributed by atoms with Crippen LogP contribution in [0, 0.1) is 5.92 Å². The largest absolute Gasteiger partial charge is 0.314 e. The van der Waals surface area contributed by atoms with E-state index in [0.717, 1.165) is 12.0 Å². The maximum absolute atomic E-state index is 3.43. The molecule has 0 aliphatic carbocycles. The van der Waals surface area contributed by atoms with Crippen LogP contribution < -0.4 is 5.32 Å². The highest BCUT2D eigenvalue weighted by Gasteiger charge is 2.27. The normalized spacial score (nSPS) is 32.8. The molecule has 2 atom stereocenters. The van der Waals surface area contributed by atoms with E-state index in [4.69, 9.17) is 0 Å². The minimum atomic E-state index is 0.773. The molecular weight excluding hydrogens is 186 g/mol. The summed E-state index contributed by atoms with van der Waals surface area (Å²) in [5, 5.41) is 3.43. The van der Waals surface area contributed by atoms with Gasteiger partial charge in [0.25, 0.3) is 0 Å². The van der Waals surface area contributed by atoms with Crippen molar-refractivity contribution in [3.63, 3.8) is 0 Å². The molecule has 0 aromatic heterocycles. The van der Waals surface area contributed by atoms with Gasteiger partial charge in [0.2, 0.25) is 0 Å². The van der Waals surface area contributed by atoms with Crippen LogP contribution in [0.15, 0.2) is 0 Å². The molecule has 0 saturated carbocycles. The van der Waals surface area contributed by atoms with Gasteiger partial charge in [0.1, 0.15) is 0 Å². The minimum Gasteiger partial charge on any atom is -0.314 e. The van der Waals surface area contributed by atoms with Crippen molar-refractivity contribution >= 4 is 0 Å². The molecule has 15 heavy (non-hydrogen) atoms. The Morgan fingerprint density at radius 2 is 1.93 bits per heavy atom. The fraction of sp³-hybridized carbons (Fsp3) is 1.00. The minimum absolute atomic E-state index is 0.773. The number of piperazine rings is 1.